The number of methoxy groups -OCH3 is 1. The number of carbonyl (C=O) groups excluding carboxylic acids is 1. The van der Waals surface area contributed by atoms with Crippen LogP contribution in [0.25, 0.3) is 0 Å². The first-order valence-corrected chi connectivity index (χ1v) is 7.48. The van der Waals surface area contributed by atoms with E-state index in [4.69, 9.17) is 4.74 Å². The van der Waals surface area contributed by atoms with Crippen molar-refractivity contribution in [3.63, 3.8) is 0 Å². The van der Waals surface area contributed by atoms with Gasteiger partial charge in [-0.15, -0.1) is 0 Å². The quantitative estimate of drug-likeness (QED) is 0.785. The van der Waals surface area contributed by atoms with Gasteiger partial charge in [-0.25, -0.2) is 0 Å². The Hall–Kier alpha value is -1.55. The number of ether oxygens (including phenoxy) is 1. The molecule has 0 saturated heterocycles. The summed E-state index contributed by atoms with van der Waals surface area (Å²) in [5.41, 5.74) is 1.75. The molecule has 4 nitrogen and oxygen atoms in total. The first-order valence-electron chi connectivity index (χ1n) is 7.48. The van der Waals surface area contributed by atoms with E-state index >= 15 is 0 Å². The van der Waals surface area contributed by atoms with Crippen molar-refractivity contribution in [2.45, 2.75) is 45.7 Å². The zero-order valence-electron chi connectivity index (χ0n) is 14.1. The molecule has 0 bridgehead atoms. The average molecular weight is 292 g/mol. The maximum absolute atomic E-state index is 12.0. The van der Waals surface area contributed by atoms with Crippen molar-refractivity contribution in [2.75, 3.05) is 25.6 Å². The van der Waals surface area contributed by atoms with Gasteiger partial charge < -0.3 is 15.0 Å². The van der Waals surface area contributed by atoms with E-state index in [1.807, 2.05) is 6.92 Å². The summed E-state index contributed by atoms with van der Waals surface area (Å²) >= 11 is 0. The van der Waals surface area contributed by atoms with Crippen LogP contribution in [0.2, 0.25) is 0 Å². The zero-order valence-corrected chi connectivity index (χ0v) is 14.1. The number of rotatable bonds is 7. The predicted molar refractivity (Wildman–Crippen MR) is 87.8 cm³/mol. The van der Waals surface area contributed by atoms with Crippen LogP contribution >= 0.6 is 0 Å². The number of nitrogens with one attached hydrogen (secondary N) is 1. The fraction of sp³-hybridized carbons (Fsp3) is 0.588. The first kappa shape index (κ1) is 17.5. The van der Waals surface area contributed by atoms with Crippen molar-refractivity contribution in [1.82, 2.24) is 5.32 Å². The number of esters is 1. The standard InChI is InChI=1S/C17H28N2O2/c1-7-19(15-10-8-9-13(2)11-15)14(3)12-17(4,18-5)16(20)21-6/h8-11,14,18H,7,12H2,1-6H3. The highest BCUT2D eigenvalue weighted by Gasteiger charge is 2.35. The van der Waals surface area contributed by atoms with E-state index in [0.29, 0.717) is 6.42 Å². The lowest BCUT2D eigenvalue weighted by Gasteiger charge is -2.36. The molecule has 2 atom stereocenters. The number of nitrogens with zero attached hydrogens (tertiary/aromatic N) is 1. The summed E-state index contributed by atoms with van der Waals surface area (Å²) < 4.78 is 4.93. The van der Waals surface area contributed by atoms with E-state index in [9.17, 15) is 4.79 Å². The second-order valence-electron chi connectivity index (χ2n) is 5.75. The topological polar surface area (TPSA) is 41.6 Å². The van der Waals surface area contributed by atoms with Crippen LogP contribution in [-0.2, 0) is 9.53 Å². The van der Waals surface area contributed by atoms with E-state index in [2.05, 4.69) is 55.3 Å². The van der Waals surface area contributed by atoms with Gasteiger partial charge in [0.25, 0.3) is 0 Å². The van der Waals surface area contributed by atoms with Gasteiger partial charge in [-0.3, -0.25) is 4.79 Å². The van der Waals surface area contributed by atoms with Crippen LogP contribution in [0.3, 0.4) is 0 Å². The van der Waals surface area contributed by atoms with Crippen LogP contribution in [0.4, 0.5) is 5.69 Å². The zero-order chi connectivity index (χ0) is 16.0. The molecular weight excluding hydrogens is 264 g/mol. The number of hydrogen-bond acceptors (Lipinski definition) is 4. The van der Waals surface area contributed by atoms with E-state index in [1.54, 1.807) is 7.05 Å². The molecule has 118 valence electrons. The van der Waals surface area contributed by atoms with E-state index < -0.39 is 5.54 Å². The summed E-state index contributed by atoms with van der Waals surface area (Å²) in [7, 11) is 3.23. The number of aryl methyl sites for hydroxylation is 1. The molecule has 4 heteroatoms. The highest BCUT2D eigenvalue weighted by Crippen LogP contribution is 2.23. The lowest BCUT2D eigenvalue weighted by molar-refractivity contribution is -0.148. The molecular formula is C17H28N2O2. The maximum Gasteiger partial charge on any atom is 0.325 e. The minimum atomic E-state index is -0.675. The lowest BCUT2D eigenvalue weighted by atomic mass is 9.92. The van der Waals surface area contributed by atoms with E-state index in [0.717, 1.165) is 6.54 Å². The van der Waals surface area contributed by atoms with Crippen LogP contribution in [-0.4, -0.2) is 38.3 Å². The second-order valence-corrected chi connectivity index (χ2v) is 5.75. The molecule has 1 rings (SSSR count). The molecule has 0 aliphatic rings. The Morgan fingerprint density at radius 2 is 2.14 bits per heavy atom. The van der Waals surface area contributed by atoms with Crippen molar-refractivity contribution < 1.29 is 9.53 Å². The normalized spacial score (nSPS) is 15.1. The van der Waals surface area contributed by atoms with Gasteiger partial charge in [0.1, 0.15) is 5.54 Å². The van der Waals surface area contributed by atoms with Crippen LogP contribution in [0.1, 0.15) is 32.8 Å². The molecule has 0 aliphatic carbocycles. The molecule has 0 spiro atoms. The highest BCUT2D eigenvalue weighted by molar-refractivity contribution is 5.80. The molecule has 1 aromatic rings. The van der Waals surface area contributed by atoms with Gasteiger partial charge in [0.15, 0.2) is 0 Å². The molecule has 1 aromatic carbocycles. The van der Waals surface area contributed by atoms with Gasteiger partial charge in [0.2, 0.25) is 0 Å². The Labute approximate surface area is 128 Å². The number of benzene rings is 1. The van der Waals surface area contributed by atoms with E-state index in [-0.39, 0.29) is 12.0 Å². The Morgan fingerprint density at radius 1 is 1.48 bits per heavy atom. The third-order valence-corrected chi connectivity index (χ3v) is 4.10. The Kier molecular flexibility index (Phi) is 6.21. The molecule has 2 unspecified atom stereocenters. The minimum Gasteiger partial charge on any atom is -0.468 e. The monoisotopic (exact) mass is 292 g/mol. The summed E-state index contributed by atoms with van der Waals surface area (Å²) in [5.74, 6) is -0.225. The summed E-state index contributed by atoms with van der Waals surface area (Å²) in [6.45, 7) is 9.15. The SMILES string of the molecule is CCN(c1cccc(C)c1)C(C)CC(C)(NC)C(=O)OC. The predicted octanol–water partition coefficient (Wildman–Crippen LogP) is 2.75. The number of hydrogen-bond donors (Lipinski definition) is 1. The summed E-state index contributed by atoms with van der Waals surface area (Å²) in [4.78, 5) is 14.3. The first-order chi connectivity index (χ1) is 9.87. The van der Waals surface area contributed by atoms with Crippen LogP contribution < -0.4 is 10.2 Å². The van der Waals surface area contributed by atoms with Gasteiger partial charge in [-0.1, -0.05) is 12.1 Å². The number of likely N-dealkylation sites (N-methyl/N-ethyl adjacent to an activating group) is 1. The molecule has 21 heavy (non-hydrogen) atoms. The summed E-state index contributed by atoms with van der Waals surface area (Å²) in [5, 5.41) is 3.10. The third kappa shape index (κ3) is 4.21. The van der Waals surface area contributed by atoms with Gasteiger partial charge in [-0.2, -0.15) is 0 Å². The molecule has 0 aliphatic heterocycles. The maximum atomic E-state index is 12.0. The van der Waals surface area contributed by atoms with Crippen molar-refractivity contribution >= 4 is 11.7 Å². The second kappa shape index (κ2) is 7.46. The molecule has 0 radical (unpaired) electrons. The fourth-order valence-electron chi connectivity index (χ4n) is 2.77. The van der Waals surface area contributed by atoms with Crippen molar-refractivity contribution in [1.29, 1.82) is 0 Å². The number of anilines is 1. The molecule has 1 N–H and O–H groups in total. The van der Waals surface area contributed by atoms with Gasteiger partial charge in [0.05, 0.1) is 7.11 Å². The lowest BCUT2D eigenvalue weighted by Crippen LogP contribution is -2.52. The molecule has 0 heterocycles. The molecule has 0 aromatic heterocycles. The molecule has 0 amide bonds. The smallest absolute Gasteiger partial charge is 0.325 e. The van der Waals surface area contributed by atoms with Gasteiger partial charge in [0, 0.05) is 18.3 Å². The summed E-state index contributed by atoms with van der Waals surface area (Å²) in [6, 6.07) is 8.66. The highest BCUT2D eigenvalue weighted by atomic mass is 16.5. The van der Waals surface area contributed by atoms with Crippen molar-refractivity contribution in [3.05, 3.63) is 29.8 Å². The number of carbonyl (C=O) groups is 1. The van der Waals surface area contributed by atoms with Gasteiger partial charge in [-0.05, 0) is 58.9 Å². The van der Waals surface area contributed by atoms with E-state index in [1.165, 1.54) is 18.4 Å². The Morgan fingerprint density at radius 3 is 2.62 bits per heavy atom. The van der Waals surface area contributed by atoms with Gasteiger partial charge >= 0.3 is 5.97 Å². The Balaban J connectivity index is 2.93. The molecule has 0 fully saturated rings. The van der Waals surface area contributed by atoms with Crippen LogP contribution in [0.15, 0.2) is 24.3 Å². The Bertz CT molecular complexity index is 476. The largest absolute Gasteiger partial charge is 0.468 e. The average Bonchev–Trinajstić information content (AvgIpc) is 2.47. The van der Waals surface area contributed by atoms with Crippen LogP contribution in [0, 0.1) is 6.92 Å². The summed E-state index contributed by atoms with van der Waals surface area (Å²) in [6.07, 6.45) is 0.679. The third-order valence-electron chi connectivity index (χ3n) is 4.10. The van der Waals surface area contributed by atoms with Crippen molar-refractivity contribution in [3.8, 4) is 0 Å². The minimum absolute atomic E-state index is 0.216. The van der Waals surface area contributed by atoms with Crippen molar-refractivity contribution in [2.24, 2.45) is 0 Å². The fourth-order valence-corrected chi connectivity index (χ4v) is 2.77. The van der Waals surface area contributed by atoms with Crippen LogP contribution in [0.5, 0.6) is 0 Å². The molecule has 0 saturated carbocycles.